The predicted molar refractivity (Wildman–Crippen MR) is 58.5 cm³/mol. The molecular formula is C13H17FO. The zero-order valence-electron chi connectivity index (χ0n) is 8.82. The minimum absolute atomic E-state index is 0.153. The summed E-state index contributed by atoms with van der Waals surface area (Å²) in [4.78, 5) is 0. The van der Waals surface area contributed by atoms with Crippen LogP contribution in [0.2, 0.25) is 0 Å². The molecule has 1 saturated carbocycles. The lowest BCUT2D eigenvalue weighted by molar-refractivity contribution is 0.183. The van der Waals surface area contributed by atoms with E-state index in [-0.39, 0.29) is 11.7 Å². The van der Waals surface area contributed by atoms with Crippen LogP contribution in [-0.2, 0) is 0 Å². The maximum Gasteiger partial charge on any atom is 0.128 e. The molecule has 1 aliphatic carbocycles. The number of halogens is 1. The lowest BCUT2D eigenvalue weighted by atomic mass is 9.83. The van der Waals surface area contributed by atoms with Gasteiger partial charge in [0, 0.05) is 0 Å². The van der Waals surface area contributed by atoms with Gasteiger partial charge in [-0.3, -0.25) is 0 Å². The summed E-state index contributed by atoms with van der Waals surface area (Å²) >= 11 is 0. The number of rotatable bonds is 2. The molecule has 1 atom stereocenters. The first-order chi connectivity index (χ1) is 7.27. The SMILES string of the molecule is Oc1cccc(C(F)C2CCCCC2)c1. The Balaban J connectivity index is 2.08. The van der Waals surface area contributed by atoms with E-state index in [4.69, 9.17) is 0 Å². The molecule has 0 aromatic heterocycles. The molecule has 1 aromatic carbocycles. The second kappa shape index (κ2) is 4.65. The number of hydrogen-bond acceptors (Lipinski definition) is 1. The molecule has 1 fully saturated rings. The van der Waals surface area contributed by atoms with Crippen molar-refractivity contribution in [1.29, 1.82) is 0 Å². The van der Waals surface area contributed by atoms with Crippen molar-refractivity contribution in [2.24, 2.45) is 5.92 Å². The molecule has 1 aliphatic rings. The summed E-state index contributed by atoms with van der Waals surface area (Å²) in [5, 5.41) is 9.29. The van der Waals surface area contributed by atoms with Crippen LogP contribution in [0.4, 0.5) is 4.39 Å². The molecule has 15 heavy (non-hydrogen) atoms. The molecule has 2 rings (SSSR count). The molecule has 2 heteroatoms. The largest absolute Gasteiger partial charge is 0.508 e. The van der Waals surface area contributed by atoms with Gasteiger partial charge in [-0.25, -0.2) is 4.39 Å². The van der Waals surface area contributed by atoms with Gasteiger partial charge in [-0.15, -0.1) is 0 Å². The van der Waals surface area contributed by atoms with Crippen LogP contribution in [0.25, 0.3) is 0 Å². The zero-order chi connectivity index (χ0) is 10.7. The minimum atomic E-state index is -0.905. The first kappa shape index (κ1) is 10.5. The van der Waals surface area contributed by atoms with Gasteiger partial charge in [-0.1, -0.05) is 31.4 Å². The van der Waals surface area contributed by atoms with E-state index in [1.165, 1.54) is 6.42 Å². The van der Waals surface area contributed by atoms with Crippen molar-refractivity contribution in [2.75, 3.05) is 0 Å². The van der Waals surface area contributed by atoms with Crippen molar-refractivity contribution in [2.45, 2.75) is 38.3 Å². The first-order valence-electron chi connectivity index (χ1n) is 5.70. The number of benzene rings is 1. The quantitative estimate of drug-likeness (QED) is 0.779. The van der Waals surface area contributed by atoms with Crippen molar-refractivity contribution in [3.05, 3.63) is 29.8 Å². The van der Waals surface area contributed by atoms with Crippen LogP contribution < -0.4 is 0 Å². The van der Waals surface area contributed by atoms with Gasteiger partial charge >= 0.3 is 0 Å². The predicted octanol–water partition coefficient (Wildman–Crippen LogP) is 3.98. The monoisotopic (exact) mass is 208 g/mol. The topological polar surface area (TPSA) is 20.2 Å². The number of phenolic OH excluding ortho intramolecular Hbond substituents is 1. The Kier molecular flexibility index (Phi) is 3.24. The number of phenols is 1. The van der Waals surface area contributed by atoms with Gasteiger partial charge in [0.1, 0.15) is 11.9 Å². The third-order valence-corrected chi connectivity index (χ3v) is 3.25. The van der Waals surface area contributed by atoms with Crippen LogP contribution in [0.15, 0.2) is 24.3 Å². The van der Waals surface area contributed by atoms with E-state index < -0.39 is 6.17 Å². The highest BCUT2D eigenvalue weighted by Crippen LogP contribution is 2.37. The smallest absolute Gasteiger partial charge is 0.128 e. The van der Waals surface area contributed by atoms with Gasteiger partial charge in [0.25, 0.3) is 0 Å². The van der Waals surface area contributed by atoms with Crippen molar-refractivity contribution >= 4 is 0 Å². The molecule has 0 heterocycles. The van der Waals surface area contributed by atoms with Crippen LogP contribution in [-0.4, -0.2) is 5.11 Å². The fourth-order valence-corrected chi connectivity index (χ4v) is 2.40. The van der Waals surface area contributed by atoms with Gasteiger partial charge in [0.05, 0.1) is 0 Å². The van der Waals surface area contributed by atoms with Crippen LogP contribution >= 0.6 is 0 Å². The van der Waals surface area contributed by atoms with Gasteiger partial charge in [-0.05, 0) is 36.5 Å². The van der Waals surface area contributed by atoms with E-state index in [1.54, 1.807) is 24.3 Å². The van der Waals surface area contributed by atoms with Crippen molar-refractivity contribution in [3.8, 4) is 5.75 Å². The fourth-order valence-electron chi connectivity index (χ4n) is 2.40. The van der Waals surface area contributed by atoms with E-state index in [9.17, 15) is 9.50 Å². The van der Waals surface area contributed by atoms with Crippen LogP contribution in [0.3, 0.4) is 0 Å². The maximum atomic E-state index is 14.1. The molecule has 0 aliphatic heterocycles. The molecule has 0 radical (unpaired) electrons. The minimum Gasteiger partial charge on any atom is -0.508 e. The maximum absolute atomic E-state index is 14.1. The first-order valence-corrected chi connectivity index (χ1v) is 5.70. The highest BCUT2D eigenvalue weighted by atomic mass is 19.1. The summed E-state index contributed by atoms with van der Waals surface area (Å²) in [6.07, 6.45) is 4.59. The number of aromatic hydroxyl groups is 1. The highest BCUT2D eigenvalue weighted by molar-refractivity contribution is 5.29. The second-order valence-electron chi connectivity index (χ2n) is 4.39. The number of alkyl halides is 1. The van der Waals surface area contributed by atoms with Crippen molar-refractivity contribution < 1.29 is 9.50 Å². The molecule has 1 N–H and O–H groups in total. The van der Waals surface area contributed by atoms with E-state index in [0.717, 1.165) is 25.7 Å². The Morgan fingerprint density at radius 1 is 1.20 bits per heavy atom. The summed E-state index contributed by atoms with van der Waals surface area (Å²) in [6.45, 7) is 0. The van der Waals surface area contributed by atoms with Crippen LogP contribution in [0, 0.1) is 5.92 Å². The van der Waals surface area contributed by atoms with Gasteiger partial charge in [0.15, 0.2) is 0 Å². The Morgan fingerprint density at radius 2 is 1.93 bits per heavy atom. The number of hydrogen-bond donors (Lipinski definition) is 1. The summed E-state index contributed by atoms with van der Waals surface area (Å²) in [6, 6.07) is 6.59. The standard InChI is InChI=1S/C13H17FO/c14-13(10-5-2-1-3-6-10)11-7-4-8-12(15)9-11/h4,7-10,13,15H,1-3,5-6H2. The molecule has 0 spiro atoms. The lowest BCUT2D eigenvalue weighted by Crippen LogP contribution is -2.12. The molecular weight excluding hydrogens is 191 g/mol. The Hall–Kier alpha value is -1.05. The van der Waals surface area contributed by atoms with Gasteiger partial charge < -0.3 is 5.11 Å². The third-order valence-electron chi connectivity index (χ3n) is 3.25. The van der Waals surface area contributed by atoms with Crippen molar-refractivity contribution in [1.82, 2.24) is 0 Å². The summed E-state index contributed by atoms with van der Waals surface area (Å²) in [5.74, 6) is 0.312. The Morgan fingerprint density at radius 3 is 2.60 bits per heavy atom. The summed E-state index contributed by atoms with van der Waals surface area (Å²) < 4.78 is 14.1. The van der Waals surface area contributed by atoms with Gasteiger partial charge in [0.2, 0.25) is 0 Å². The average Bonchev–Trinajstić information content (AvgIpc) is 2.29. The normalized spacial score (nSPS) is 20.1. The highest BCUT2D eigenvalue weighted by Gasteiger charge is 2.24. The van der Waals surface area contributed by atoms with E-state index in [2.05, 4.69) is 0 Å². The molecule has 1 unspecified atom stereocenters. The zero-order valence-corrected chi connectivity index (χ0v) is 8.82. The van der Waals surface area contributed by atoms with Crippen LogP contribution in [0.1, 0.15) is 43.8 Å². The molecule has 1 nitrogen and oxygen atoms in total. The van der Waals surface area contributed by atoms with Crippen molar-refractivity contribution in [3.63, 3.8) is 0 Å². The lowest BCUT2D eigenvalue weighted by Gasteiger charge is -2.25. The van der Waals surface area contributed by atoms with E-state index in [1.807, 2.05) is 0 Å². The van der Waals surface area contributed by atoms with E-state index in [0.29, 0.717) is 5.56 Å². The summed E-state index contributed by atoms with van der Waals surface area (Å²) in [5.41, 5.74) is 0.627. The summed E-state index contributed by atoms with van der Waals surface area (Å²) in [7, 11) is 0. The molecule has 0 saturated heterocycles. The molecule has 82 valence electrons. The Labute approximate surface area is 89.9 Å². The molecule has 0 amide bonds. The Bertz CT molecular complexity index is 318. The average molecular weight is 208 g/mol. The molecule has 1 aromatic rings. The second-order valence-corrected chi connectivity index (χ2v) is 4.39. The molecule has 0 bridgehead atoms. The van der Waals surface area contributed by atoms with Gasteiger partial charge in [-0.2, -0.15) is 0 Å². The van der Waals surface area contributed by atoms with Crippen LogP contribution in [0.5, 0.6) is 5.75 Å². The third kappa shape index (κ3) is 2.49. The van der Waals surface area contributed by atoms with E-state index >= 15 is 0 Å². The fraction of sp³-hybridized carbons (Fsp3) is 0.538.